The van der Waals surface area contributed by atoms with Gasteiger partial charge in [-0.25, -0.2) is 9.59 Å². The number of carboxylic acids is 1. The standard InChI is InChI=1S/C11H21N3O3/c1-8(10(15)16)14(3)11(17)12-6-7-13(2)9-4-5-9/h8-9H,4-7H2,1-3H3,(H,12,17)(H,15,16). The molecule has 1 fully saturated rings. The molecule has 0 aliphatic heterocycles. The Kier molecular flexibility index (Phi) is 4.74. The summed E-state index contributed by atoms with van der Waals surface area (Å²) in [6, 6.07) is -0.483. The van der Waals surface area contributed by atoms with Gasteiger partial charge in [-0.2, -0.15) is 0 Å². The van der Waals surface area contributed by atoms with Crippen LogP contribution >= 0.6 is 0 Å². The molecule has 17 heavy (non-hydrogen) atoms. The minimum atomic E-state index is -1.00. The molecule has 0 saturated heterocycles. The Morgan fingerprint density at radius 1 is 1.41 bits per heavy atom. The Morgan fingerprint density at radius 3 is 2.47 bits per heavy atom. The predicted molar refractivity (Wildman–Crippen MR) is 63.9 cm³/mol. The van der Waals surface area contributed by atoms with E-state index in [4.69, 9.17) is 5.11 Å². The zero-order valence-electron chi connectivity index (χ0n) is 10.6. The average Bonchev–Trinajstić information content (AvgIpc) is 3.10. The number of nitrogens with one attached hydrogen (secondary N) is 1. The predicted octanol–water partition coefficient (Wildman–Crippen LogP) is 0.195. The number of amides is 2. The average molecular weight is 243 g/mol. The van der Waals surface area contributed by atoms with Crippen LogP contribution in [0.2, 0.25) is 0 Å². The summed E-state index contributed by atoms with van der Waals surface area (Å²) in [7, 11) is 3.52. The topological polar surface area (TPSA) is 72.9 Å². The van der Waals surface area contributed by atoms with E-state index < -0.39 is 12.0 Å². The second-order valence-corrected chi connectivity index (χ2v) is 4.57. The van der Waals surface area contributed by atoms with E-state index in [1.54, 1.807) is 0 Å². The summed E-state index contributed by atoms with van der Waals surface area (Å²) >= 11 is 0. The number of carbonyl (C=O) groups excluding carboxylic acids is 1. The second-order valence-electron chi connectivity index (χ2n) is 4.57. The van der Waals surface area contributed by atoms with Gasteiger partial charge in [-0.3, -0.25) is 0 Å². The molecule has 0 radical (unpaired) electrons. The fraction of sp³-hybridized carbons (Fsp3) is 0.818. The number of rotatable bonds is 6. The van der Waals surface area contributed by atoms with Gasteiger partial charge < -0.3 is 20.2 Å². The number of carbonyl (C=O) groups is 2. The van der Waals surface area contributed by atoms with Crippen molar-refractivity contribution >= 4 is 12.0 Å². The maximum absolute atomic E-state index is 11.6. The summed E-state index contributed by atoms with van der Waals surface area (Å²) < 4.78 is 0. The lowest BCUT2D eigenvalue weighted by molar-refractivity contribution is -0.141. The number of urea groups is 1. The molecule has 1 atom stereocenters. The molecule has 1 unspecified atom stereocenters. The molecule has 6 nitrogen and oxygen atoms in total. The number of hydrogen-bond acceptors (Lipinski definition) is 3. The molecule has 98 valence electrons. The molecule has 2 amide bonds. The fourth-order valence-electron chi connectivity index (χ4n) is 1.50. The molecule has 0 aromatic rings. The smallest absolute Gasteiger partial charge is 0.326 e. The molecule has 1 aliphatic rings. The first-order valence-corrected chi connectivity index (χ1v) is 5.87. The van der Waals surface area contributed by atoms with Gasteiger partial charge in [-0.1, -0.05) is 0 Å². The van der Waals surface area contributed by atoms with Gasteiger partial charge >= 0.3 is 12.0 Å². The van der Waals surface area contributed by atoms with Gasteiger partial charge in [0, 0.05) is 26.2 Å². The van der Waals surface area contributed by atoms with Crippen LogP contribution in [0.5, 0.6) is 0 Å². The normalized spacial score (nSPS) is 16.7. The Labute approximate surface area is 102 Å². The highest BCUT2D eigenvalue weighted by atomic mass is 16.4. The van der Waals surface area contributed by atoms with Crippen LogP contribution in [0.25, 0.3) is 0 Å². The van der Waals surface area contributed by atoms with Crippen LogP contribution in [-0.2, 0) is 4.79 Å². The van der Waals surface area contributed by atoms with Crippen molar-refractivity contribution in [1.82, 2.24) is 15.1 Å². The van der Waals surface area contributed by atoms with E-state index in [-0.39, 0.29) is 6.03 Å². The van der Waals surface area contributed by atoms with Crippen molar-refractivity contribution in [1.29, 1.82) is 0 Å². The Morgan fingerprint density at radius 2 is 2.00 bits per heavy atom. The summed E-state index contributed by atoms with van der Waals surface area (Å²) in [6.45, 7) is 2.83. The zero-order valence-corrected chi connectivity index (χ0v) is 10.6. The van der Waals surface area contributed by atoms with Crippen molar-refractivity contribution in [3.63, 3.8) is 0 Å². The SMILES string of the molecule is CC(C(=O)O)N(C)C(=O)NCCN(C)C1CC1. The first kappa shape index (κ1) is 13.8. The summed E-state index contributed by atoms with van der Waals surface area (Å²) in [5.74, 6) is -1.00. The molecule has 1 aliphatic carbocycles. The number of aliphatic carboxylic acids is 1. The van der Waals surface area contributed by atoms with E-state index in [1.165, 1.54) is 31.7 Å². The van der Waals surface area contributed by atoms with Crippen molar-refractivity contribution in [2.45, 2.75) is 31.8 Å². The summed E-state index contributed by atoms with van der Waals surface area (Å²) in [5.41, 5.74) is 0. The molecule has 1 saturated carbocycles. The molecule has 2 N–H and O–H groups in total. The van der Waals surface area contributed by atoms with Crippen molar-refractivity contribution < 1.29 is 14.7 Å². The van der Waals surface area contributed by atoms with Crippen LogP contribution in [-0.4, -0.2) is 66.2 Å². The van der Waals surface area contributed by atoms with Crippen LogP contribution in [0.4, 0.5) is 4.79 Å². The molecule has 0 spiro atoms. The number of nitrogens with zero attached hydrogens (tertiary/aromatic N) is 2. The van der Waals surface area contributed by atoms with E-state index in [0.29, 0.717) is 12.6 Å². The second kappa shape index (κ2) is 5.86. The lowest BCUT2D eigenvalue weighted by atomic mass is 10.3. The highest BCUT2D eigenvalue weighted by Crippen LogP contribution is 2.24. The minimum absolute atomic E-state index is 0.343. The number of hydrogen-bond donors (Lipinski definition) is 2. The Balaban J connectivity index is 2.21. The van der Waals surface area contributed by atoms with Crippen molar-refractivity contribution in [2.24, 2.45) is 0 Å². The maximum atomic E-state index is 11.6. The van der Waals surface area contributed by atoms with E-state index in [2.05, 4.69) is 10.2 Å². The van der Waals surface area contributed by atoms with Crippen LogP contribution in [0.1, 0.15) is 19.8 Å². The highest BCUT2D eigenvalue weighted by molar-refractivity contribution is 5.82. The number of carboxylic acid groups (broad SMARTS) is 1. The first-order valence-electron chi connectivity index (χ1n) is 5.87. The summed E-state index contributed by atoms with van der Waals surface area (Å²) in [5, 5.41) is 11.5. The quantitative estimate of drug-likeness (QED) is 0.698. The van der Waals surface area contributed by atoms with Gasteiger partial charge in [0.2, 0.25) is 0 Å². The van der Waals surface area contributed by atoms with E-state index in [0.717, 1.165) is 6.54 Å². The van der Waals surface area contributed by atoms with Crippen molar-refractivity contribution in [3.05, 3.63) is 0 Å². The first-order chi connectivity index (χ1) is 7.93. The largest absolute Gasteiger partial charge is 0.480 e. The molecule has 6 heteroatoms. The molecular formula is C11H21N3O3. The lowest BCUT2D eigenvalue weighted by Crippen LogP contribution is -2.47. The number of likely N-dealkylation sites (N-methyl/N-ethyl adjacent to an activating group) is 2. The molecule has 1 rings (SSSR count). The van der Waals surface area contributed by atoms with Gasteiger partial charge in [-0.15, -0.1) is 0 Å². The van der Waals surface area contributed by atoms with Crippen LogP contribution in [0.3, 0.4) is 0 Å². The Hall–Kier alpha value is -1.30. The highest BCUT2D eigenvalue weighted by Gasteiger charge is 2.26. The summed E-state index contributed by atoms with van der Waals surface area (Å²) in [4.78, 5) is 25.7. The molecule has 0 bridgehead atoms. The monoisotopic (exact) mass is 243 g/mol. The van der Waals surface area contributed by atoms with E-state index in [1.807, 2.05) is 7.05 Å². The molecular weight excluding hydrogens is 222 g/mol. The van der Waals surface area contributed by atoms with Crippen molar-refractivity contribution in [3.8, 4) is 0 Å². The van der Waals surface area contributed by atoms with Gasteiger partial charge in [0.25, 0.3) is 0 Å². The fourth-order valence-corrected chi connectivity index (χ4v) is 1.50. The molecule has 0 heterocycles. The molecule has 0 aromatic carbocycles. The lowest BCUT2D eigenvalue weighted by Gasteiger charge is -2.23. The van der Waals surface area contributed by atoms with Gasteiger partial charge in [-0.05, 0) is 26.8 Å². The third-order valence-electron chi connectivity index (χ3n) is 3.17. The molecule has 0 aromatic heterocycles. The van der Waals surface area contributed by atoms with E-state index >= 15 is 0 Å². The Bertz CT molecular complexity index is 292. The van der Waals surface area contributed by atoms with Gasteiger partial charge in [0.15, 0.2) is 0 Å². The minimum Gasteiger partial charge on any atom is -0.480 e. The van der Waals surface area contributed by atoms with Crippen LogP contribution < -0.4 is 5.32 Å². The zero-order chi connectivity index (χ0) is 13.0. The van der Waals surface area contributed by atoms with Gasteiger partial charge in [0.1, 0.15) is 6.04 Å². The van der Waals surface area contributed by atoms with Crippen molar-refractivity contribution in [2.75, 3.05) is 27.2 Å². The maximum Gasteiger partial charge on any atom is 0.326 e. The van der Waals surface area contributed by atoms with Crippen LogP contribution in [0, 0.1) is 0 Å². The third kappa shape index (κ3) is 4.22. The van der Waals surface area contributed by atoms with Gasteiger partial charge in [0.05, 0.1) is 0 Å². The third-order valence-corrected chi connectivity index (χ3v) is 3.17. The summed E-state index contributed by atoms with van der Waals surface area (Å²) in [6.07, 6.45) is 2.47. The van der Waals surface area contributed by atoms with Crippen LogP contribution in [0.15, 0.2) is 0 Å². The van der Waals surface area contributed by atoms with E-state index in [9.17, 15) is 9.59 Å².